The molecule has 3 aliphatic rings. The fraction of sp³-hybridized carbons (Fsp3) is 0. The van der Waals surface area contributed by atoms with Gasteiger partial charge in [-0.1, -0.05) is 18.2 Å². The van der Waals surface area contributed by atoms with Crippen molar-refractivity contribution in [1.29, 1.82) is 0 Å². The predicted octanol–water partition coefficient (Wildman–Crippen LogP) is 0.636. The molecule has 5 N–H and O–H groups in total. The number of aliphatic hydroxyl groups is 1. The number of carbonyl (C=O) groups is 2. The van der Waals surface area contributed by atoms with Gasteiger partial charge in [0.25, 0.3) is 11.5 Å². The number of Topliss-reactive ketones (excluding diaryl/α,β-unsaturated/α-hetero) is 1. The summed E-state index contributed by atoms with van der Waals surface area (Å²) in [6, 6.07) is 16.0. The molecule has 1 amide bonds. The van der Waals surface area contributed by atoms with E-state index in [-0.39, 0.29) is 17.3 Å². The molecule has 0 radical (unpaired) electrons. The summed E-state index contributed by atoms with van der Waals surface area (Å²) >= 11 is 0. The summed E-state index contributed by atoms with van der Waals surface area (Å²) in [5.41, 5.74) is 3.55. The minimum atomic E-state index is -0.941. The van der Waals surface area contributed by atoms with Gasteiger partial charge in [-0.15, -0.1) is 5.10 Å². The van der Waals surface area contributed by atoms with Crippen LogP contribution in [0.15, 0.2) is 64.5 Å². The number of nitrogens with zero attached hydrogens (tertiary/aromatic N) is 4. The Morgan fingerprint density at radius 3 is 2.44 bits per heavy atom. The molecule has 0 saturated carbocycles. The van der Waals surface area contributed by atoms with Gasteiger partial charge >= 0.3 is 0 Å². The van der Waals surface area contributed by atoms with Crippen molar-refractivity contribution in [2.45, 2.75) is 0 Å². The molecule has 1 aromatic carbocycles. The highest BCUT2D eigenvalue weighted by molar-refractivity contribution is 6.22. The van der Waals surface area contributed by atoms with Crippen LogP contribution in [-0.2, 0) is 0 Å². The van der Waals surface area contributed by atoms with Crippen molar-refractivity contribution in [2.24, 2.45) is 5.10 Å². The van der Waals surface area contributed by atoms with Crippen molar-refractivity contribution in [2.75, 3.05) is 10.7 Å². The van der Waals surface area contributed by atoms with Crippen LogP contribution in [0.1, 0.15) is 21.0 Å². The van der Waals surface area contributed by atoms with Crippen LogP contribution in [0.25, 0.3) is 22.5 Å². The predicted molar refractivity (Wildman–Crippen MR) is 121 cm³/mol. The Morgan fingerprint density at radius 2 is 1.65 bits per heavy atom. The first-order valence-electron chi connectivity index (χ1n) is 10.1. The maximum Gasteiger partial charge on any atom is 0.280 e. The summed E-state index contributed by atoms with van der Waals surface area (Å²) in [6.45, 7) is 0. The number of anilines is 2. The molecule has 12 nitrogen and oxygen atoms in total. The van der Waals surface area contributed by atoms with Crippen LogP contribution >= 0.6 is 0 Å². The molecule has 0 atom stereocenters. The fourth-order valence-corrected chi connectivity index (χ4v) is 3.74. The molecule has 0 aliphatic carbocycles. The Morgan fingerprint density at radius 1 is 0.882 bits per heavy atom. The number of amides is 1. The van der Waals surface area contributed by atoms with Crippen LogP contribution in [0.5, 0.6) is 0 Å². The van der Waals surface area contributed by atoms with E-state index in [1.54, 1.807) is 22.8 Å². The van der Waals surface area contributed by atoms with E-state index in [1.165, 1.54) is 6.07 Å². The third kappa shape index (κ3) is 3.01. The zero-order chi connectivity index (χ0) is 23.4. The second-order valence-electron chi connectivity index (χ2n) is 7.51. The van der Waals surface area contributed by atoms with Crippen LogP contribution in [-0.4, -0.2) is 41.3 Å². The third-order valence-electron chi connectivity index (χ3n) is 5.31. The van der Waals surface area contributed by atoms with Crippen molar-refractivity contribution in [1.82, 2.24) is 24.5 Å². The van der Waals surface area contributed by atoms with E-state index in [1.807, 2.05) is 30.3 Å². The molecule has 3 aliphatic heterocycles. The summed E-state index contributed by atoms with van der Waals surface area (Å²) in [4.78, 5) is 51.9. The molecular formula is C22H14N8O4. The minimum Gasteiger partial charge on any atom is -0.503 e. The molecule has 0 fully saturated rings. The van der Waals surface area contributed by atoms with Gasteiger partial charge in [0.1, 0.15) is 11.2 Å². The number of aromatic amines is 2. The molecular weight excluding hydrogens is 440 g/mol. The highest BCUT2D eigenvalue weighted by Gasteiger charge is 2.25. The number of hydrogen-bond acceptors (Lipinski definition) is 8. The van der Waals surface area contributed by atoms with Gasteiger partial charge in [0, 0.05) is 17.1 Å². The van der Waals surface area contributed by atoms with Crippen molar-refractivity contribution in [3.63, 3.8) is 0 Å². The topological polar surface area (TPSA) is 170 Å². The quantitative estimate of drug-likeness (QED) is 0.359. The van der Waals surface area contributed by atoms with Gasteiger partial charge in [-0.25, -0.2) is 4.98 Å². The lowest BCUT2D eigenvalue weighted by molar-refractivity contribution is 0.101. The molecule has 12 heteroatoms. The summed E-state index contributed by atoms with van der Waals surface area (Å²) in [7, 11) is 0. The van der Waals surface area contributed by atoms with E-state index >= 15 is 0 Å². The number of H-pyrrole nitrogens is 2. The van der Waals surface area contributed by atoms with Crippen molar-refractivity contribution >= 4 is 40.2 Å². The van der Waals surface area contributed by atoms with Crippen molar-refractivity contribution in [3.8, 4) is 5.69 Å². The zero-order valence-corrected chi connectivity index (χ0v) is 17.2. The highest BCUT2D eigenvalue weighted by atomic mass is 16.3. The molecule has 5 heterocycles. The van der Waals surface area contributed by atoms with E-state index in [4.69, 9.17) is 0 Å². The lowest BCUT2D eigenvalue weighted by Crippen LogP contribution is -2.32. The first kappa shape index (κ1) is 19.4. The molecule has 0 spiro atoms. The van der Waals surface area contributed by atoms with Crippen LogP contribution in [0, 0.1) is 0 Å². The molecule has 3 aromatic rings. The maximum atomic E-state index is 12.9. The van der Waals surface area contributed by atoms with Gasteiger partial charge < -0.3 is 15.1 Å². The van der Waals surface area contributed by atoms with Gasteiger partial charge in [-0.3, -0.25) is 29.7 Å². The van der Waals surface area contributed by atoms with E-state index in [0.717, 1.165) is 5.69 Å². The van der Waals surface area contributed by atoms with Crippen LogP contribution in [0.4, 0.5) is 11.8 Å². The largest absolute Gasteiger partial charge is 0.503 e. The maximum absolute atomic E-state index is 12.9. The van der Waals surface area contributed by atoms with Gasteiger partial charge in [-0.05, 0) is 30.3 Å². The number of para-hydroxylation sites is 1. The van der Waals surface area contributed by atoms with Gasteiger partial charge in [0.15, 0.2) is 11.5 Å². The first-order valence-corrected chi connectivity index (χ1v) is 10.1. The number of aromatic nitrogens is 5. The van der Waals surface area contributed by atoms with Gasteiger partial charge in [0.05, 0.1) is 11.4 Å². The fourth-order valence-electron chi connectivity index (χ4n) is 3.74. The number of aliphatic hydroxyl groups excluding tert-OH is 1. The molecule has 2 aromatic heterocycles. The Hall–Kier alpha value is -5.26. The average Bonchev–Trinajstić information content (AvgIpc) is 3.59. The normalized spacial score (nSPS) is 13.7. The monoisotopic (exact) mass is 454 g/mol. The number of carbonyl (C=O) groups excluding carboxylic acids is 2. The SMILES string of the molecule is O=C1C(O)=c2[nH]c1cc1ccc(cc3n(-c4ccccc4)c(nc4nc(c2=O)C(=O)N4)=NN3)[nH]1. The Labute approximate surface area is 188 Å². The molecule has 166 valence electrons. The van der Waals surface area contributed by atoms with Crippen LogP contribution < -0.4 is 27.1 Å². The standard InChI is InChI=1S/C22H14N8O4/c31-17-13-8-10-6-7-11(23-10)9-14-28-29-22(30(14)12-4-2-1-3-5-12)27-21-25-16(20(34)26-21)18(32)15(24-13)19(17)33/h1-9,23-24,28,33H,(H,26,27,29,34). The number of fused-ring (bicyclic) bond motifs is 8. The summed E-state index contributed by atoms with van der Waals surface area (Å²) in [5, 5.41) is 16.5. The molecule has 6 rings (SSSR count). The lowest BCUT2D eigenvalue weighted by atomic mass is 10.2. The van der Waals surface area contributed by atoms with E-state index in [2.05, 4.69) is 35.8 Å². The lowest BCUT2D eigenvalue weighted by Gasteiger charge is -2.04. The summed E-state index contributed by atoms with van der Waals surface area (Å²) in [6.07, 6.45) is 0. The molecule has 34 heavy (non-hydrogen) atoms. The van der Waals surface area contributed by atoms with Crippen LogP contribution in [0.2, 0.25) is 0 Å². The smallest absolute Gasteiger partial charge is 0.280 e. The van der Waals surface area contributed by atoms with E-state index in [9.17, 15) is 19.5 Å². The number of benzene rings is 1. The molecule has 8 bridgehead atoms. The average molecular weight is 454 g/mol. The number of rotatable bonds is 1. The van der Waals surface area contributed by atoms with Gasteiger partial charge in [0.2, 0.25) is 17.2 Å². The Kier molecular flexibility index (Phi) is 4.07. The third-order valence-corrected chi connectivity index (χ3v) is 5.31. The van der Waals surface area contributed by atoms with Gasteiger partial charge in [-0.2, -0.15) is 4.98 Å². The van der Waals surface area contributed by atoms with Crippen LogP contribution in [0.3, 0.4) is 0 Å². The first-order chi connectivity index (χ1) is 16.5. The molecule has 0 saturated heterocycles. The highest BCUT2D eigenvalue weighted by Crippen LogP contribution is 2.17. The number of ketones is 1. The van der Waals surface area contributed by atoms with E-state index < -0.39 is 33.9 Å². The number of nitrogens with one attached hydrogen (secondary N) is 4. The Bertz CT molecular complexity index is 1780. The number of hydrogen-bond donors (Lipinski definition) is 5. The summed E-state index contributed by atoms with van der Waals surface area (Å²) < 4.78 is 1.71. The van der Waals surface area contributed by atoms with Crippen molar-refractivity contribution < 1.29 is 14.7 Å². The second-order valence-corrected chi connectivity index (χ2v) is 7.51. The summed E-state index contributed by atoms with van der Waals surface area (Å²) in [5.74, 6) is -1.99. The zero-order valence-electron chi connectivity index (χ0n) is 17.2. The van der Waals surface area contributed by atoms with E-state index in [0.29, 0.717) is 16.9 Å². The minimum absolute atomic E-state index is 0.0302. The Balaban J connectivity index is 1.78. The second kappa shape index (κ2) is 7.13. The van der Waals surface area contributed by atoms with Crippen molar-refractivity contribution in [3.05, 3.63) is 87.2 Å². The molecule has 0 unspecified atom stereocenters.